The summed E-state index contributed by atoms with van der Waals surface area (Å²) in [4.78, 5) is 14.7. The largest absolute Gasteiger partial charge is 0.326 e. The van der Waals surface area contributed by atoms with Crippen LogP contribution in [0.2, 0.25) is 0 Å². The second-order valence-corrected chi connectivity index (χ2v) is 6.21. The summed E-state index contributed by atoms with van der Waals surface area (Å²) in [5.41, 5.74) is 2.24. The molecule has 0 radical (unpaired) electrons. The number of likely N-dealkylation sites (tertiary alicyclic amines) is 1. The molecule has 0 bridgehead atoms. The standard InChI is InChI=1S/C17H25N3O/c21-17(15-4-3-9-18-12-15)19-16-7-5-14(6-8-16)13-20-10-1-2-11-20/h5-8,15,18H,1-4,9-13H2,(H,19,21)/t15-/m0/s1. The highest BCUT2D eigenvalue weighted by Crippen LogP contribution is 2.17. The van der Waals surface area contributed by atoms with Crippen molar-refractivity contribution < 1.29 is 4.79 Å². The van der Waals surface area contributed by atoms with Gasteiger partial charge in [0.25, 0.3) is 0 Å². The smallest absolute Gasteiger partial charge is 0.228 e. The summed E-state index contributed by atoms with van der Waals surface area (Å²) in [5, 5.41) is 6.32. The summed E-state index contributed by atoms with van der Waals surface area (Å²) in [7, 11) is 0. The molecule has 0 aliphatic carbocycles. The SMILES string of the molecule is O=C(Nc1ccc(CN2CCCC2)cc1)[C@H]1CCCNC1. The van der Waals surface area contributed by atoms with Gasteiger partial charge in [0.1, 0.15) is 0 Å². The van der Waals surface area contributed by atoms with Crippen LogP contribution in [-0.4, -0.2) is 37.0 Å². The average Bonchev–Trinajstić information content (AvgIpc) is 3.03. The maximum absolute atomic E-state index is 12.2. The van der Waals surface area contributed by atoms with E-state index in [1.807, 2.05) is 12.1 Å². The van der Waals surface area contributed by atoms with Gasteiger partial charge in [-0.2, -0.15) is 0 Å². The fourth-order valence-corrected chi connectivity index (χ4v) is 3.21. The number of rotatable bonds is 4. The van der Waals surface area contributed by atoms with Crippen LogP contribution in [0.5, 0.6) is 0 Å². The van der Waals surface area contributed by atoms with E-state index in [1.165, 1.54) is 31.5 Å². The number of carbonyl (C=O) groups is 1. The highest BCUT2D eigenvalue weighted by atomic mass is 16.1. The summed E-state index contributed by atoms with van der Waals surface area (Å²) in [6, 6.07) is 8.32. The Bertz CT molecular complexity index is 459. The monoisotopic (exact) mass is 287 g/mol. The highest BCUT2D eigenvalue weighted by Gasteiger charge is 2.20. The minimum absolute atomic E-state index is 0.114. The molecule has 2 heterocycles. The lowest BCUT2D eigenvalue weighted by atomic mass is 9.99. The Morgan fingerprint density at radius 3 is 2.62 bits per heavy atom. The molecule has 2 aliphatic rings. The third-order valence-electron chi connectivity index (χ3n) is 4.49. The number of amides is 1. The molecule has 1 aromatic rings. The molecule has 4 nitrogen and oxygen atoms in total. The number of piperidine rings is 1. The maximum Gasteiger partial charge on any atom is 0.228 e. The molecule has 1 aromatic carbocycles. The molecule has 0 spiro atoms. The van der Waals surface area contributed by atoms with Crippen LogP contribution in [0.15, 0.2) is 24.3 Å². The Hall–Kier alpha value is -1.39. The van der Waals surface area contributed by atoms with Gasteiger partial charge in [0, 0.05) is 18.8 Å². The Kier molecular flexibility index (Phi) is 4.88. The van der Waals surface area contributed by atoms with Crippen molar-refractivity contribution in [1.82, 2.24) is 10.2 Å². The molecule has 1 amide bonds. The van der Waals surface area contributed by atoms with E-state index in [0.717, 1.165) is 38.2 Å². The number of nitrogens with zero attached hydrogens (tertiary/aromatic N) is 1. The van der Waals surface area contributed by atoms with Crippen LogP contribution >= 0.6 is 0 Å². The first-order valence-corrected chi connectivity index (χ1v) is 8.14. The van der Waals surface area contributed by atoms with Crippen LogP contribution in [0.3, 0.4) is 0 Å². The van der Waals surface area contributed by atoms with Gasteiger partial charge in [0.15, 0.2) is 0 Å². The van der Waals surface area contributed by atoms with Crippen molar-refractivity contribution in [3.8, 4) is 0 Å². The van der Waals surface area contributed by atoms with E-state index >= 15 is 0 Å². The van der Waals surface area contributed by atoms with Gasteiger partial charge in [-0.25, -0.2) is 0 Å². The Morgan fingerprint density at radius 1 is 1.19 bits per heavy atom. The zero-order valence-electron chi connectivity index (χ0n) is 12.6. The minimum Gasteiger partial charge on any atom is -0.326 e. The molecule has 2 aliphatic heterocycles. The van der Waals surface area contributed by atoms with Gasteiger partial charge in [0.2, 0.25) is 5.91 Å². The second kappa shape index (κ2) is 7.05. The first-order chi connectivity index (χ1) is 10.3. The normalized spacial score (nSPS) is 23.1. The van der Waals surface area contributed by atoms with Crippen molar-refractivity contribution in [2.75, 3.05) is 31.5 Å². The van der Waals surface area contributed by atoms with Crippen LogP contribution in [0.4, 0.5) is 5.69 Å². The maximum atomic E-state index is 12.2. The van der Waals surface area contributed by atoms with E-state index in [9.17, 15) is 4.79 Å². The Balaban J connectivity index is 1.52. The topological polar surface area (TPSA) is 44.4 Å². The van der Waals surface area contributed by atoms with Crippen LogP contribution < -0.4 is 10.6 Å². The van der Waals surface area contributed by atoms with Gasteiger partial charge in [-0.15, -0.1) is 0 Å². The molecule has 3 rings (SSSR count). The molecular weight excluding hydrogens is 262 g/mol. The van der Waals surface area contributed by atoms with Crippen molar-refractivity contribution in [2.24, 2.45) is 5.92 Å². The predicted molar refractivity (Wildman–Crippen MR) is 85.2 cm³/mol. The van der Waals surface area contributed by atoms with Gasteiger partial charge in [0.05, 0.1) is 5.92 Å². The van der Waals surface area contributed by atoms with Gasteiger partial charge < -0.3 is 10.6 Å². The molecule has 0 aromatic heterocycles. The first kappa shape index (κ1) is 14.5. The number of benzene rings is 1. The van der Waals surface area contributed by atoms with E-state index in [2.05, 4.69) is 27.7 Å². The molecule has 2 N–H and O–H groups in total. The molecule has 114 valence electrons. The molecule has 0 unspecified atom stereocenters. The van der Waals surface area contributed by atoms with Crippen LogP contribution in [-0.2, 0) is 11.3 Å². The van der Waals surface area contributed by atoms with Gasteiger partial charge in [-0.1, -0.05) is 12.1 Å². The van der Waals surface area contributed by atoms with E-state index in [-0.39, 0.29) is 11.8 Å². The molecule has 4 heteroatoms. The molecule has 2 saturated heterocycles. The quantitative estimate of drug-likeness (QED) is 0.892. The number of anilines is 1. The lowest BCUT2D eigenvalue weighted by molar-refractivity contribution is -0.120. The fraction of sp³-hybridized carbons (Fsp3) is 0.588. The van der Waals surface area contributed by atoms with Crippen LogP contribution in [0.25, 0.3) is 0 Å². The Labute approximate surface area is 126 Å². The zero-order chi connectivity index (χ0) is 14.5. The molecule has 21 heavy (non-hydrogen) atoms. The van der Waals surface area contributed by atoms with Crippen molar-refractivity contribution >= 4 is 11.6 Å². The first-order valence-electron chi connectivity index (χ1n) is 8.14. The van der Waals surface area contributed by atoms with Crippen LogP contribution in [0, 0.1) is 5.92 Å². The molecule has 1 atom stereocenters. The number of hydrogen-bond donors (Lipinski definition) is 2. The predicted octanol–water partition coefficient (Wildman–Crippen LogP) is 2.22. The van der Waals surface area contributed by atoms with Gasteiger partial charge >= 0.3 is 0 Å². The highest BCUT2D eigenvalue weighted by molar-refractivity contribution is 5.92. The minimum atomic E-state index is 0.114. The van der Waals surface area contributed by atoms with E-state index in [0.29, 0.717) is 0 Å². The van der Waals surface area contributed by atoms with Gasteiger partial charge in [-0.3, -0.25) is 9.69 Å². The van der Waals surface area contributed by atoms with Crippen LogP contribution in [0.1, 0.15) is 31.2 Å². The summed E-state index contributed by atoms with van der Waals surface area (Å²) < 4.78 is 0. The fourth-order valence-electron chi connectivity index (χ4n) is 3.21. The summed E-state index contributed by atoms with van der Waals surface area (Å²) in [6.07, 6.45) is 4.73. The number of hydrogen-bond acceptors (Lipinski definition) is 3. The van der Waals surface area contributed by atoms with Crippen molar-refractivity contribution in [3.05, 3.63) is 29.8 Å². The third kappa shape index (κ3) is 4.05. The Morgan fingerprint density at radius 2 is 1.95 bits per heavy atom. The average molecular weight is 287 g/mol. The van der Waals surface area contributed by atoms with Gasteiger partial charge in [-0.05, 0) is 63.0 Å². The molecule has 0 saturated carbocycles. The van der Waals surface area contributed by atoms with Crippen molar-refractivity contribution in [3.63, 3.8) is 0 Å². The van der Waals surface area contributed by atoms with E-state index in [4.69, 9.17) is 0 Å². The number of nitrogens with one attached hydrogen (secondary N) is 2. The molecule has 2 fully saturated rings. The summed E-state index contributed by atoms with van der Waals surface area (Å²) >= 11 is 0. The number of carbonyl (C=O) groups excluding carboxylic acids is 1. The molecular formula is C17H25N3O. The lowest BCUT2D eigenvalue weighted by Gasteiger charge is -2.22. The van der Waals surface area contributed by atoms with E-state index < -0.39 is 0 Å². The van der Waals surface area contributed by atoms with Crippen molar-refractivity contribution in [1.29, 1.82) is 0 Å². The van der Waals surface area contributed by atoms with Crippen molar-refractivity contribution in [2.45, 2.75) is 32.2 Å². The second-order valence-electron chi connectivity index (χ2n) is 6.21. The summed E-state index contributed by atoms with van der Waals surface area (Å²) in [6.45, 7) is 5.30. The summed E-state index contributed by atoms with van der Waals surface area (Å²) in [5.74, 6) is 0.262. The third-order valence-corrected chi connectivity index (χ3v) is 4.49. The lowest BCUT2D eigenvalue weighted by Crippen LogP contribution is -2.37. The van der Waals surface area contributed by atoms with E-state index in [1.54, 1.807) is 0 Å². The zero-order valence-corrected chi connectivity index (χ0v) is 12.6.